The molecule has 20 heavy (non-hydrogen) atoms. The number of rotatable bonds is 6. The summed E-state index contributed by atoms with van der Waals surface area (Å²) in [5, 5.41) is 2.40. The molecule has 0 spiro atoms. The van der Waals surface area contributed by atoms with Crippen LogP contribution in [0.1, 0.15) is 39.5 Å². The molecule has 0 fully saturated rings. The summed E-state index contributed by atoms with van der Waals surface area (Å²) < 4.78 is 40.3. The fourth-order valence-corrected chi connectivity index (χ4v) is 2.39. The molecular formula is C15H20F3NO. The smallest absolute Gasteiger partial charge is 0.325 e. The molecule has 0 aromatic heterocycles. The van der Waals surface area contributed by atoms with Gasteiger partial charge in [-0.05, 0) is 25.0 Å². The second kappa shape index (κ2) is 6.77. The first kappa shape index (κ1) is 16.5. The largest absolute Gasteiger partial charge is 0.403 e. The van der Waals surface area contributed by atoms with Gasteiger partial charge in [0.05, 0.1) is 0 Å². The molecule has 0 radical (unpaired) electrons. The van der Waals surface area contributed by atoms with E-state index in [1.54, 1.807) is 44.2 Å². The van der Waals surface area contributed by atoms with E-state index in [-0.39, 0.29) is 12.8 Å². The summed E-state index contributed by atoms with van der Waals surface area (Å²) >= 11 is 0. The number of amides is 1. The summed E-state index contributed by atoms with van der Waals surface area (Å²) in [5.41, 5.74) is -1.91. The molecule has 0 aliphatic heterocycles. The fraction of sp³-hybridized carbons (Fsp3) is 0.533. The van der Waals surface area contributed by atoms with Crippen molar-refractivity contribution in [3.63, 3.8) is 0 Å². The van der Waals surface area contributed by atoms with Gasteiger partial charge in [-0.2, -0.15) is 13.2 Å². The summed E-state index contributed by atoms with van der Waals surface area (Å²) in [5.74, 6) is -0.958. The Morgan fingerprint density at radius 3 is 1.95 bits per heavy atom. The molecule has 1 aromatic rings. The second-order valence-electron chi connectivity index (χ2n) is 4.90. The van der Waals surface area contributed by atoms with Crippen LogP contribution < -0.4 is 5.32 Å². The molecule has 0 bridgehead atoms. The highest BCUT2D eigenvalue weighted by Crippen LogP contribution is 2.46. The maximum Gasteiger partial charge on any atom is 0.403 e. The molecule has 112 valence electrons. The normalized spacial score (nSPS) is 12.2. The van der Waals surface area contributed by atoms with Crippen LogP contribution in [0.4, 0.5) is 18.9 Å². The first-order valence-electron chi connectivity index (χ1n) is 6.80. The monoisotopic (exact) mass is 287 g/mol. The summed E-state index contributed by atoms with van der Waals surface area (Å²) in [6, 6.07) is 8.24. The van der Waals surface area contributed by atoms with Crippen LogP contribution in [0, 0.1) is 5.41 Å². The van der Waals surface area contributed by atoms with Crippen molar-refractivity contribution >= 4 is 11.6 Å². The van der Waals surface area contributed by atoms with Crippen LogP contribution in [0.5, 0.6) is 0 Å². The van der Waals surface area contributed by atoms with Gasteiger partial charge in [0.25, 0.3) is 0 Å². The molecule has 1 rings (SSSR count). The number of carbonyl (C=O) groups excluding carboxylic acids is 1. The number of benzene rings is 1. The molecule has 0 atom stereocenters. The highest BCUT2D eigenvalue weighted by Gasteiger charge is 2.58. The van der Waals surface area contributed by atoms with E-state index in [1.807, 2.05) is 0 Å². The molecule has 0 aliphatic rings. The van der Waals surface area contributed by atoms with Crippen LogP contribution in [0.15, 0.2) is 30.3 Å². The van der Waals surface area contributed by atoms with Gasteiger partial charge in [-0.15, -0.1) is 0 Å². The Morgan fingerprint density at radius 2 is 1.55 bits per heavy atom. The number of para-hydroxylation sites is 1. The SMILES string of the molecule is CCCC(CCC)(C(=O)Nc1ccccc1)C(F)(F)F. The zero-order valence-electron chi connectivity index (χ0n) is 11.8. The molecule has 0 heterocycles. The van der Waals surface area contributed by atoms with Crippen LogP contribution in [-0.2, 0) is 4.79 Å². The standard InChI is InChI=1S/C15H20F3NO/c1-3-10-14(11-4-2,15(16,17)18)13(20)19-12-8-6-5-7-9-12/h5-9H,3-4,10-11H2,1-2H3,(H,19,20). The molecule has 5 heteroatoms. The van der Waals surface area contributed by atoms with E-state index in [1.165, 1.54) is 0 Å². The molecular weight excluding hydrogens is 267 g/mol. The summed E-state index contributed by atoms with van der Waals surface area (Å²) in [6.07, 6.45) is -4.31. The van der Waals surface area contributed by atoms with Gasteiger partial charge in [0.2, 0.25) is 5.91 Å². The first-order valence-corrected chi connectivity index (χ1v) is 6.80. The molecule has 1 N–H and O–H groups in total. The lowest BCUT2D eigenvalue weighted by molar-refractivity contribution is -0.223. The molecule has 2 nitrogen and oxygen atoms in total. The fourth-order valence-electron chi connectivity index (χ4n) is 2.39. The van der Waals surface area contributed by atoms with Crippen molar-refractivity contribution < 1.29 is 18.0 Å². The predicted molar refractivity (Wildman–Crippen MR) is 73.4 cm³/mol. The Kier molecular flexibility index (Phi) is 5.60. The zero-order valence-corrected chi connectivity index (χ0v) is 11.8. The Hall–Kier alpha value is -1.52. The lowest BCUT2D eigenvalue weighted by Gasteiger charge is -2.34. The molecule has 1 aromatic carbocycles. The Morgan fingerprint density at radius 1 is 1.05 bits per heavy atom. The minimum atomic E-state index is -4.54. The van der Waals surface area contributed by atoms with Crippen molar-refractivity contribution in [1.82, 2.24) is 0 Å². The van der Waals surface area contributed by atoms with Crippen LogP contribution in [0.25, 0.3) is 0 Å². The number of nitrogens with one attached hydrogen (secondary N) is 1. The van der Waals surface area contributed by atoms with Crippen molar-refractivity contribution in [2.24, 2.45) is 5.41 Å². The van der Waals surface area contributed by atoms with E-state index < -0.39 is 17.5 Å². The number of anilines is 1. The van der Waals surface area contributed by atoms with E-state index in [0.717, 1.165) is 0 Å². The Balaban J connectivity index is 3.06. The maximum atomic E-state index is 13.4. The minimum Gasteiger partial charge on any atom is -0.325 e. The maximum absolute atomic E-state index is 13.4. The van der Waals surface area contributed by atoms with Crippen molar-refractivity contribution in [1.29, 1.82) is 0 Å². The number of alkyl halides is 3. The van der Waals surface area contributed by atoms with Crippen molar-refractivity contribution in [3.8, 4) is 0 Å². The van der Waals surface area contributed by atoms with Crippen LogP contribution in [0.3, 0.4) is 0 Å². The average Bonchev–Trinajstić information content (AvgIpc) is 2.38. The Bertz CT molecular complexity index is 422. The highest BCUT2D eigenvalue weighted by molar-refractivity contribution is 5.95. The van der Waals surface area contributed by atoms with Gasteiger partial charge in [0.1, 0.15) is 5.41 Å². The van der Waals surface area contributed by atoms with Gasteiger partial charge in [0.15, 0.2) is 0 Å². The number of hydrogen-bond donors (Lipinski definition) is 1. The van der Waals surface area contributed by atoms with E-state index >= 15 is 0 Å². The summed E-state index contributed by atoms with van der Waals surface area (Å²) in [6.45, 7) is 3.32. The summed E-state index contributed by atoms with van der Waals surface area (Å²) in [4.78, 5) is 12.2. The quantitative estimate of drug-likeness (QED) is 0.802. The van der Waals surface area contributed by atoms with Gasteiger partial charge in [0, 0.05) is 5.69 Å². The molecule has 0 aliphatic carbocycles. The summed E-state index contributed by atoms with van der Waals surface area (Å²) in [7, 11) is 0. The van der Waals surface area contributed by atoms with Gasteiger partial charge >= 0.3 is 6.18 Å². The Labute approximate surface area is 117 Å². The number of halogens is 3. The predicted octanol–water partition coefficient (Wildman–Crippen LogP) is 4.77. The van der Waals surface area contributed by atoms with Gasteiger partial charge in [-0.1, -0.05) is 44.9 Å². The lowest BCUT2D eigenvalue weighted by Crippen LogP contribution is -2.48. The number of carbonyl (C=O) groups is 1. The minimum absolute atomic E-state index is 0.191. The lowest BCUT2D eigenvalue weighted by atomic mass is 9.77. The van der Waals surface area contributed by atoms with Crippen molar-refractivity contribution in [2.45, 2.75) is 45.7 Å². The average molecular weight is 287 g/mol. The van der Waals surface area contributed by atoms with Crippen LogP contribution >= 0.6 is 0 Å². The molecule has 1 amide bonds. The first-order chi connectivity index (χ1) is 9.37. The van der Waals surface area contributed by atoms with E-state index in [4.69, 9.17) is 0 Å². The van der Waals surface area contributed by atoms with Gasteiger partial charge < -0.3 is 5.32 Å². The number of hydrogen-bond acceptors (Lipinski definition) is 1. The second-order valence-corrected chi connectivity index (χ2v) is 4.90. The van der Waals surface area contributed by atoms with Crippen molar-refractivity contribution in [3.05, 3.63) is 30.3 Å². The van der Waals surface area contributed by atoms with Gasteiger partial charge in [-0.3, -0.25) is 4.79 Å². The van der Waals surface area contributed by atoms with Crippen LogP contribution in [-0.4, -0.2) is 12.1 Å². The molecule has 0 unspecified atom stereocenters. The van der Waals surface area contributed by atoms with E-state index in [9.17, 15) is 18.0 Å². The van der Waals surface area contributed by atoms with E-state index in [0.29, 0.717) is 18.5 Å². The third kappa shape index (κ3) is 3.52. The molecule has 0 saturated heterocycles. The third-order valence-corrected chi connectivity index (χ3v) is 3.36. The topological polar surface area (TPSA) is 29.1 Å². The highest BCUT2D eigenvalue weighted by atomic mass is 19.4. The van der Waals surface area contributed by atoms with E-state index in [2.05, 4.69) is 5.32 Å². The van der Waals surface area contributed by atoms with Gasteiger partial charge in [-0.25, -0.2) is 0 Å². The van der Waals surface area contributed by atoms with Crippen molar-refractivity contribution in [2.75, 3.05) is 5.32 Å². The van der Waals surface area contributed by atoms with Crippen LogP contribution in [0.2, 0.25) is 0 Å². The third-order valence-electron chi connectivity index (χ3n) is 3.36. The zero-order chi connectivity index (χ0) is 15.2. The molecule has 0 saturated carbocycles.